The summed E-state index contributed by atoms with van der Waals surface area (Å²) < 4.78 is 10.2. The topological polar surface area (TPSA) is 88.4 Å². The summed E-state index contributed by atoms with van der Waals surface area (Å²) in [4.78, 5) is 24.0. The van der Waals surface area contributed by atoms with Crippen molar-refractivity contribution in [2.45, 2.75) is 70.9 Å². The highest BCUT2D eigenvalue weighted by atomic mass is 16.6. The number of hydrogen-bond donors (Lipinski definition) is 1. The fourth-order valence-electron chi connectivity index (χ4n) is 3.92. The Kier molecular flexibility index (Phi) is 4.61. The highest BCUT2D eigenvalue weighted by Crippen LogP contribution is 2.58. The molecule has 1 N–H and O–H groups in total. The van der Waals surface area contributed by atoms with Gasteiger partial charge in [-0.3, -0.25) is 4.79 Å². The molecule has 0 aromatic heterocycles. The Morgan fingerprint density at radius 3 is 2.04 bits per heavy atom. The van der Waals surface area contributed by atoms with Crippen molar-refractivity contribution in [1.82, 2.24) is 5.32 Å². The van der Waals surface area contributed by atoms with Crippen molar-refractivity contribution < 1.29 is 19.1 Å². The van der Waals surface area contributed by atoms with Crippen molar-refractivity contribution in [3.8, 4) is 6.07 Å². The third-order valence-electron chi connectivity index (χ3n) is 5.33. The molecule has 6 nitrogen and oxygen atoms in total. The maximum atomic E-state index is 12.0. The number of nitrogens with zero attached hydrogens (tertiary/aromatic N) is 1. The van der Waals surface area contributed by atoms with Crippen molar-refractivity contribution in [3.63, 3.8) is 0 Å². The van der Waals surface area contributed by atoms with E-state index >= 15 is 0 Å². The summed E-state index contributed by atoms with van der Waals surface area (Å²) in [5, 5.41) is 12.3. The van der Waals surface area contributed by atoms with E-state index in [2.05, 4.69) is 11.4 Å². The highest BCUT2D eigenvalue weighted by molar-refractivity contribution is 5.77. The predicted octanol–water partition coefficient (Wildman–Crippen LogP) is 2.92. The van der Waals surface area contributed by atoms with E-state index in [4.69, 9.17) is 9.47 Å². The van der Waals surface area contributed by atoms with Crippen LogP contribution in [0.5, 0.6) is 0 Å². The van der Waals surface area contributed by atoms with Crippen LogP contribution in [-0.2, 0) is 14.3 Å². The average molecular weight is 322 g/mol. The van der Waals surface area contributed by atoms with E-state index in [0.29, 0.717) is 19.3 Å². The van der Waals surface area contributed by atoms with Crippen molar-refractivity contribution in [2.24, 2.45) is 10.8 Å². The van der Waals surface area contributed by atoms with Crippen molar-refractivity contribution in [1.29, 1.82) is 5.26 Å². The quantitative estimate of drug-likeness (QED) is 0.807. The van der Waals surface area contributed by atoms with Crippen molar-refractivity contribution in [3.05, 3.63) is 0 Å². The van der Waals surface area contributed by atoms with Crippen molar-refractivity contribution >= 4 is 12.1 Å². The summed E-state index contributed by atoms with van der Waals surface area (Å²) in [5.41, 5.74) is -1.25. The largest absolute Gasteiger partial charge is 0.469 e. The number of carbonyl (C=O) groups is 2. The predicted molar refractivity (Wildman–Crippen MR) is 83.4 cm³/mol. The average Bonchev–Trinajstić information content (AvgIpc) is 2.51. The summed E-state index contributed by atoms with van der Waals surface area (Å²) in [7, 11) is 1.43. The van der Waals surface area contributed by atoms with Crippen LogP contribution in [-0.4, -0.2) is 30.8 Å². The molecule has 1 atom stereocenters. The molecule has 0 heterocycles. The molecule has 0 saturated heterocycles. The van der Waals surface area contributed by atoms with Crippen molar-refractivity contribution in [2.75, 3.05) is 7.11 Å². The Labute approximate surface area is 137 Å². The zero-order valence-corrected chi connectivity index (χ0v) is 14.4. The SMILES string of the molecule is COC(=O)C12CCC(C(C#N)NC(=O)OC(C)(C)C)(CC1)CC2. The normalized spacial score (nSPS) is 30.9. The molecule has 0 aromatic rings. The summed E-state index contributed by atoms with van der Waals surface area (Å²) in [6.45, 7) is 5.37. The molecule has 3 aliphatic rings. The van der Waals surface area contributed by atoms with E-state index < -0.39 is 17.7 Å². The van der Waals surface area contributed by atoms with Gasteiger partial charge in [0.05, 0.1) is 18.6 Å². The number of esters is 1. The lowest BCUT2D eigenvalue weighted by Gasteiger charge is -2.53. The molecule has 0 aromatic carbocycles. The lowest BCUT2D eigenvalue weighted by molar-refractivity contribution is -0.163. The first-order chi connectivity index (χ1) is 10.7. The van der Waals surface area contributed by atoms with Crippen LogP contribution in [0.15, 0.2) is 0 Å². The number of ether oxygens (including phenoxy) is 2. The molecule has 0 aliphatic heterocycles. The molecular formula is C17H26N2O4. The van der Waals surface area contributed by atoms with E-state index in [9.17, 15) is 14.9 Å². The summed E-state index contributed by atoms with van der Waals surface area (Å²) >= 11 is 0. The Morgan fingerprint density at radius 2 is 1.65 bits per heavy atom. The number of alkyl carbamates (subject to hydrolysis) is 1. The van der Waals surface area contributed by atoms with Crippen LogP contribution < -0.4 is 5.32 Å². The zero-order valence-electron chi connectivity index (χ0n) is 14.4. The van der Waals surface area contributed by atoms with Crippen LogP contribution in [0.4, 0.5) is 4.79 Å². The number of fused-ring (bicyclic) bond motifs is 3. The van der Waals surface area contributed by atoms with Gasteiger partial charge in [0.2, 0.25) is 0 Å². The maximum absolute atomic E-state index is 12.0. The van der Waals surface area contributed by atoms with Gasteiger partial charge in [0.15, 0.2) is 0 Å². The second kappa shape index (κ2) is 6.03. The fraction of sp³-hybridized carbons (Fsp3) is 0.824. The van der Waals surface area contributed by atoms with Crippen LogP contribution in [0.25, 0.3) is 0 Å². The molecule has 2 bridgehead atoms. The first kappa shape index (κ1) is 17.6. The minimum absolute atomic E-state index is 0.139. The molecule has 3 rings (SSSR count). The first-order valence-corrected chi connectivity index (χ1v) is 8.14. The Balaban J connectivity index is 2.06. The number of nitrogens with one attached hydrogen (secondary N) is 1. The first-order valence-electron chi connectivity index (χ1n) is 8.14. The summed E-state index contributed by atoms with van der Waals surface area (Å²) in [6, 6.07) is 1.64. The minimum Gasteiger partial charge on any atom is -0.469 e. The molecule has 0 spiro atoms. The molecule has 23 heavy (non-hydrogen) atoms. The van der Waals surface area contributed by atoms with Gasteiger partial charge in [0.1, 0.15) is 11.6 Å². The standard InChI is InChI=1S/C17H26N2O4/c1-15(2,3)23-14(21)19-12(11-18)16-5-8-17(9-6-16,10-7-16)13(20)22-4/h12H,5-10H2,1-4H3,(H,19,21). The van der Waals surface area contributed by atoms with E-state index in [1.807, 2.05) is 0 Å². The van der Waals surface area contributed by atoms with Gasteiger partial charge in [-0.25, -0.2) is 4.79 Å². The zero-order chi connectivity index (χ0) is 17.3. The smallest absolute Gasteiger partial charge is 0.408 e. The minimum atomic E-state index is -0.596. The van der Waals surface area contributed by atoms with Gasteiger partial charge in [0, 0.05) is 5.41 Å². The molecule has 0 radical (unpaired) electrons. The summed E-state index contributed by atoms with van der Waals surface area (Å²) in [6.07, 6.45) is 3.83. The van der Waals surface area contributed by atoms with Crippen LogP contribution in [0.1, 0.15) is 59.3 Å². The molecule has 1 amide bonds. The lowest BCUT2D eigenvalue weighted by Crippen LogP contribution is -2.55. The third-order valence-corrected chi connectivity index (χ3v) is 5.33. The molecule has 128 valence electrons. The number of nitriles is 1. The van der Waals surface area contributed by atoms with Crippen LogP contribution in [0.2, 0.25) is 0 Å². The third kappa shape index (κ3) is 3.44. The van der Waals surface area contributed by atoms with Gasteiger partial charge in [-0.05, 0) is 59.3 Å². The van der Waals surface area contributed by atoms with Crippen LogP contribution in [0, 0.1) is 22.2 Å². The number of rotatable bonds is 3. The lowest BCUT2D eigenvalue weighted by atomic mass is 9.51. The fourth-order valence-corrected chi connectivity index (χ4v) is 3.92. The van der Waals surface area contributed by atoms with E-state index in [1.54, 1.807) is 20.8 Å². The molecule has 6 heteroatoms. The van der Waals surface area contributed by atoms with Gasteiger partial charge in [-0.1, -0.05) is 0 Å². The second-order valence-corrected chi connectivity index (χ2v) is 7.84. The Morgan fingerprint density at radius 1 is 1.13 bits per heavy atom. The molecule has 3 saturated carbocycles. The molecular weight excluding hydrogens is 296 g/mol. The van der Waals surface area contributed by atoms with Gasteiger partial charge in [0.25, 0.3) is 0 Å². The van der Waals surface area contributed by atoms with Crippen LogP contribution >= 0.6 is 0 Å². The summed E-state index contributed by atoms with van der Waals surface area (Å²) in [5.74, 6) is -0.139. The van der Waals surface area contributed by atoms with Crippen LogP contribution in [0.3, 0.4) is 0 Å². The van der Waals surface area contributed by atoms with Gasteiger partial charge < -0.3 is 14.8 Å². The maximum Gasteiger partial charge on any atom is 0.408 e. The van der Waals surface area contributed by atoms with Gasteiger partial charge >= 0.3 is 12.1 Å². The molecule has 3 fully saturated rings. The Bertz CT molecular complexity index is 505. The molecule has 1 unspecified atom stereocenters. The number of hydrogen-bond acceptors (Lipinski definition) is 5. The van der Waals surface area contributed by atoms with Gasteiger partial charge in [-0.15, -0.1) is 0 Å². The monoisotopic (exact) mass is 322 g/mol. The molecule has 3 aliphatic carbocycles. The van der Waals surface area contributed by atoms with Gasteiger partial charge in [-0.2, -0.15) is 5.26 Å². The van der Waals surface area contributed by atoms with E-state index in [1.165, 1.54) is 7.11 Å². The van der Waals surface area contributed by atoms with E-state index in [0.717, 1.165) is 19.3 Å². The number of carbonyl (C=O) groups excluding carboxylic acids is 2. The Hall–Kier alpha value is -1.77. The van der Waals surface area contributed by atoms with E-state index in [-0.39, 0.29) is 16.8 Å². The number of methoxy groups -OCH3 is 1. The number of amides is 1. The highest BCUT2D eigenvalue weighted by Gasteiger charge is 2.56. The second-order valence-electron chi connectivity index (χ2n) is 7.84.